The van der Waals surface area contributed by atoms with Gasteiger partial charge < -0.3 is 9.84 Å². The predicted molar refractivity (Wildman–Crippen MR) is 90.3 cm³/mol. The SMILES string of the molecule is CCOc1ccccc1-c1cc(C(=O)O)c2cc(Cl)ccc2n1. The average Bonchev–Trinajstić information content (AvgIpc) is 2.54. The van der Waals surface area contributed by atoms with Gasteiger partial charge in [-0.2, -0.15) is 0 Å². The van der Waals surface area contributed by atoms with Crippen LogP contribution < -0.4 is 4.74 Å². The summed E-state index contributed by atoms with van der Waals surface area (Å²) in [6, 6.07) is 14.0. The summed E-state index contributed by atoms with van der Waals surface area (Å²) in [5.74, 6) is -0.345. The molecular weight excluding hydrogens is 314 g/mol. The van der Waals surface area contributed by atoms with Crippen molar-refractivity contribution >= 4 is 28.5 Å². The van der Waals surface area contributed by atoms with Crippen LogP contribution in [0.25, 0.3) is 22.2 Å². The summed E-state index contributed by atoms with van der Waals surface area (Å²) in [6.45, 7) is 2.42. The van der Waals surface area contributed by atoms with E-state index in [1.807, 2.05) is 31.2 Å². The standard InChI is InChI=1S/C18H14ClNO3/c1-2-23-17-6-4-3-5-12(17)16-10-14(18(21)22)13-9-11(19)7-8-15(13)20-16/h3-10H,2H2,1H3,(H,21,22). The smallest absolute Gasteiger partial charge is 0.336 e. The minimum absolute atomic E-state index is 0.166. The van der Waals surface area contributed by atoms with E-state index in [9.17, 15) is 9.90 Å². The van der Waals surface area contributed by atoms with Crippen molar-refractivity contribution in [2.24, 2.45) is 0 Å². The normalized spacial score (nSPS) is 10.7. The van der Waals surface area contributed by atoms with E-state index in [0.29, 0.717) is 34.0 Å². The van der Waals surface area contributed by atoms with Crippen molar-refractivity contribution in [1.82, 2.24) is 4.98 Å². The molecule has 0 unspecified atom stereocenters. The van der Waals surface area contributed by atoms with E-state index >= 15 is 0 Å². The van der Waals surface area contributed by atoms with Gasteiger partial charge in [-0.3, -0.25) is 0 Å². The highest BCUT2D eigenvalue weighted by Gasteiger charge is 2.15. The molecule has 0 aliphatic rings. The van der Waals surface area contributed by atoms with Crippen LogP contribution in [0.5, 0.6) is 5.75 Å². The van der Waals surface area contributed by atoms with E-state index in [-0.39, 0.29) is 5.56 Å². The van der Waals surface area contributed by atoms with Gasteiger partial charge in [0.1, 0.15) is 5.75 Å². The summed E-state index contributed by atoms with van der Waals surface area (Å²) in [4.78, 5) is 16.2. The molecule has 1 aromatic heterocycles. The second kappa shape index (κ2) is 6.26. The number of para-hydroxylation sites is 1. The summed E-state index contributed by atoms with van der Waals surface area (Å²) < 4.78 is 5.61. The van der Waals surface area contributed by atoms with Gasteiger partial charge in [-0.1, -0.05) is 23.7 Å². The van der Waals surface area contributed by atoms with Crippen LogP contribution in [-0.4, -0.2) is 22.7 Å². The number of hydrogen-bond donors (Lipinski definition) is 1. The monoisotopic (exact) mass is 327 g/mol. The molecule has 23 heavy (non-hydrogen) atoms. The van der Waals surface area contributed by atoms with Crippen LogP contribution in [0.1, 0.15) is 17.3 Å². The number of halogens is 1. The van der Waals surface area contributed by atoms with E-state index in [1.165, 1.54) is 0 Å². The molecule has 1 N–H and O–H groups in total. The van der Waals surface area contributed by atoms with Crippen molar-refractivity contribution in [3.05, 3.63) is 59.1 Å². The maximum atomic E-state index is 11.6. The Morgan fingerprint density at radius 3 is 2.74 bits per heavy atom. The summed E-state index contributed by atoms with van der Waals surface area (Å²) in [7, 11) is 0. The fourth-order valence-corrected chi connectivity index (χ4v) is 2.64. The highest BCUT2D eigenvalue weighted by Crippen LogP contribution is 2.32. The van der Waals surface area contributed by atoms with E-state index in [0.717, 1.165) is 5.56 Å². The zero-order valence-electron chi connectivity index (χ0n) is 12.4. The summed E-state index contributed by atoms with van der Waals surface area (Å²) in [5, 5.41) is 10.5. The number of carboxylic acids is 1. The third-order valence-electron chi connectivity index (χ3n) is 3.46. The van der Waals surface area contributed by atoms with Crippen molar-refractivity contribution in [3.8, 4) is 17.0 Å². The number of benzene rings is 2. The molecule has 0 atom stereocenters. The van der Waals surface area contributed by atoms with Crippen LogP contribution in [0.15, 0.2) is 48.5 Å². The number of aromatic nitrogens is 1. The van der Waals surface area contributed by atoms with Crippen molar-refractivity contribution in [1.29, 1.82) is 0 Å². The summed E-state index contributed by atoms with van der Waals surface area (Å²) in [5.41, 5.74) is 2.06. The van der Waals surface area contributed by atoms with E-state index in [1.54, 1.807) is 24.3 Å². The Morgan fingerprint density at radius 1 is 1.22 bits per heavy atom. The third-order valence-corrected chi connectivity index (χ3v) is 3.70. The Hall–Kier alpha value is -2.59. The summed E-state index contributed by atoms with van der Waals surface area (Å²) in [6.07, 6.45) is 0. The Labute approximate surface area is 138 Å². The lowest BCUT2D eigenvalue weighted by atomic mass is 10.0. The van der Waals surface area contributed by atoms with Crippen molar-refractivity contribution in [3.63, 3.8) is 0 Å². The molecule has 0 radical (unpaired) electrons. The fraction of sp³-hybridized carbons (Fsp3) is 0.111. The number of pyridine rings is 1. The zero-order valence-corrected chi connectivity index (χ0v) is 13.2. The van der Waals surface area contributed by atoms with Gasteiger partial charge in [0.05, 0.1) is 23.4 Å². The van der Waals surface area contributed by atoms with Gasteiger partial charge in [-0.05, 0) is 43.3 Å². The number of nitrogens with zero attached hydrogens (tertiary/aromatic N) is 1. The van der Waals surface area contributed by atoms with E-state index in [2.05, 4.69) is 4.98 Å². The van der Waals surface area contributed by atoms with Gasteiger partial charge in [0.25, 0.3) is 0 Å². The molecule has 3 rings (SSSR count). The number of carbonyl (C=O) groups is 1. The van der Waals surface area contributed by atoms with Crippen molar-refractivity contribution < 1.29 is 14.6 Å². The predicted octanol–water partition coefficient (Wildman–Crippen LogP) is 4.65. The molecule has 0 aliphatic carbocycles. The molecule has 0 amide bonds. The molecule has 1 heterocycles. The molecule has 0 bridgehead atoms. The summed E-state index contributed by atoms with van der Waals surface area (Å²) >= 11 is 5.98. The van der Waals surface area contributed by atoms with Crippen LogP contribution in [0.3, 0.4) is 0 Å². The number of aromatic carboxylic acids is 1. The molecule has 0 spiro atoms. The molecule has 116 valence electrons. The molecule has 0 fully saturated rings. The number of carboxylic acid groups (broad SMARTS) is 1. The minimum Gasteiger partial charge on any atom is -0.493 e. The maximum Gasteiger partial charge on any atom is 0.336 e. The Kier molecular flexibility index (Phi) is 4.17. The largest absolute Gasteiger partial charge is 0.493 e. The van der Waals surface area contributed by atoms with Crippen LogP contribution in [0.2, 0.25) is 5.02 Å². The zero-order chi connectivity index (χ0) is 16.4. The maximum absolute atomic E-state index is 11.6. The molecule has 4 nitrogen and oxygen atoms in total. The van der Waals surface area contributed by atoms with Crippen molar-refractivity contribution in [2.45, 2.75) is 6.92 Å². The lowest BCUT2D eigenvalue weighted by molar-refractivity contribution is 0.0699. The quantitative estimate of drug-likeness (QED) is 0.757. The number of rotatable bonds is 4. The van der Waals surface area contributed by atoms with Gasteiger partial charge in [-0.25, -0.2) is 9.78 Å². The number of fused-ring (bicyclic) bond motifs is 1. The van der Waals surface area contributed by atoms with Gasteiger partial charge in [-0.15, -0.1) is 0 Å². The highest BCUT2D eigenvalue weighted by molar-refractivity contribution is 6.31. The van der Waals surface area contributed by atoms with Crippen LogP contribution >= 0.6 is 11.6 Å². The van der Waals surface area contributed by atoms with Gasteiger partial charge in [0.2, 0.25) is 0 Å². The van der Waals surface area contributed by atoms with Gasteiger partial charge in [0, 0.05) is 16.0 Å². The topological polar surface area (TPSA) is 59.4 Å². The fourth-order valence-electron chi connectivity index (χ4n) is 2.47. The first-order valence-corrected chi connectivity index (χ1v) is 7.53. The third kappa shape index (κ3) is 2.98. The molecule has 3 aromatic rings. The van der Waals surface area contributed by atoms with Gasteiger partial charge in [0.15, 0.2) is 0 Å². The van der Waals surface area contributed by atoms with Crippen LogP contribution in [-0.2, 0) is 0 Å². The van der Waals surface area contributed by atoms with Gasteiger partial charge >= 0.3 is 5.97 Å². The molecule has 0 saturated heterocycles. The molecular formula is C18H14ClNO3. The van der Waals surface area contributed by atoms with Crippen LogP contribution in [0, 0.1) is 0 Å². The first kappa shape index (κ1) is 15.3. The lowest BCUT2D eigenvalue weighted by Gasteiger charge is -2.11. The Bertz CT molecular complexity index is 893. The lowest BCUT2D eigenvalue weighted by Crippen LogP contribution is -2.01. The first-order valence-electron chi connectivity index (χ1n) is 7.16. The van der Waals surface area contributed by atoms with Crippen molar-refractivity contribution in [2.75, 3.05) is 6.61 Å². The molecule has 0 aliphatic heterocycles. The molecule has 0 saturated carbocycles. The Balaban J connectivity index is 2.27. The number of ether oxygens (including phenoxy) is 1. The van der Waals surface area contributed by atoms with Crippen LogP contribution in [0.4, 0.5) is 0 Å². The number of hydrogen-bond acceptors (Lipinski definition) is 3. The second-order valence-corrected chi connectivity index (χ2v) is 5.39. The average molecular weight is 328 g/mol. The van der Waals surface area contributed by atoms with E-state index < -0.39 is 5.97 Å². The molecule has 5 heteroatoms. The second-order valence-electron chi connectivity index (χ2n) is 4.95. The minimum atomic E-state index is -1.02. The molecule has 2 aromatic carbocycles. The van der Waals surface area contributed by atoms with E-state index in [4.69, 9.17) is 16.3 Å². The Morgan fingerprint density at radius 2 is 2.00 bits per heavy atom. The highest BCUT2D eigenvalue weighted by atomic mass is 35.5. The first-order chi connectivity index (χ1) is 11.1.